The fraction of sp³-hybridized carbons (Fsp3) is 0.333. The molecule has 3 aromatic heterocycles. The van der Waals surface area contributed by atoms with Crippen LogP contribution >= 0.6 is 11.8 Å². The molecule has 1 saturated heterocycles. The monoisotopic (exact) mass is 522 g/mol. The van der Waals surface area contributed by atoms with Crippen LogP contribution in [0.15, 0.2) is 59.0 Å². The van der Waals surface area contributed by atoms with Crippen LogP contribution in [0.2, 0.25) is 0 Å². The molecule has 1 fully saturated rings. The number of rotatable bonds is 8. The second kappa shape index (κ2) is 11.0. The minimum Gasteiger partial charge on any atom is -0.391 e. The van der Waals surface area contributed by atoms with Gasteiger partial charge in [-0.3, -0.25) is 4.68 Å². The molecule has 0 saturated carbocycles. The molecule has 1 unspecified atom stereocenters. The van der Waals surface area contributed by atoms with Gasteiger partial charge in [-0.1, -0.05) is 23.9 Å². The number of aliphatic hydroxyl groups is 1. The number of nitrogens with one attached hydrogen (secondary N) is 1. The first-order chi connectivity index (χ1) is 18.0. The molecular formula is C24H27FN10OS. The number of aromatic nitrogens is 7. The highest BCUT2D eigenvalue weighted by Gasteiger charge is 2.21. The smallest absolute Gasteiger partial charge is 0.232 e. The summed E-state index contributed by atoms with van der Waals surface area (Å²) in [4.78, 5) is 27.7. The molecule has 1 aliphatic heterocycles. The number of hydrogen-bond donors (Lipinski definition) is 2. The van der Waals surface area contributed by atoms with Crippen molar-refractivity contribution in [3.8, 4) is 0 Å². The molecule has 4 heterocycles. The Kier molecular flexibility index (Phi) is 7.42. The van der Waals surface area contributed by atoms with Gasteiger partial charge in [0.25, 0.3) is 0 Å². The summed E-state index contributed by atoms with van der Waals surface area (Å²) in [6.07, 6.45) is 6.14. The largest absolute Gasteiger partial charge is 0.391 e. The number of piperazine rings is 1. The van der Waals surface area contributed by atoms with Gasteiger partial charge in [-0.25, -0.2) is 24.3 Å². The second-order valence-electron chi connectivity index (χ2n) is 8.63. The highest BCUT2D eigenvalue weighted by molar-refractivity contribution is 7.99. The van der Waals surface area contributed by atoms with Crippen LogP contribution in [0.3, 0.4) is 0 Å². The van der Waals surface area contributed by atoms with E-state index in [9.17, 15) is 9.50 Å². The van der Waals surface area contributed by atoms with Gasteiger partial charge in [-0.15, -0.1) is 0 Å². The average Bonchev–Trinajstić information content (AvgIpc) is 3.24. The van der Waals surface area contributed by atoms with Crippen LogP contribution in [-0.2, 0) is 6.54 Å². The summed E-state index contributed by atoms with van der Waals surface area (Å²) < 4.78 is 15.6. The quantitative estimate of drug-likeness (QED) is 0.355. The molecule has 5 rings (SSSR count). The summed E-state index contributed by atoms with van der Waals surface area (Å²) in [5, 5.41) is 17.1. The van der Waals surface area contributed by atoms with Crippen molar-refractivity contribution < 1.29 is 9.50 Å². The van der Waals surface area contributed by atoms with Crippen molar-refractivity contribution in [3.05, 3.63) is 60.7 Å². The van der Waals surface area contributed by atoms with Crippen molar-refractivity contribution in [1.82, 2.24) is 34.7 Å². The number of halogens is 1. The Hall–Kier alpha value is -3.84. The minimum absolute atomic E-state index is 0.258. The first-order valence-electron chi connectivity index (χ1n) is 11.9. The van der Waals surface area contributed by atoms with Gasteiger partial charge in [0, 0.05) is 48.4 Å². The summed E-state index contributed by atoms with van der Waals surface area (Å²) in [7, 11) is 0. The Morgan fingerprint density at radius 2 is 1.70 bits per heavy atom. The summed E-state index contributed by atoms with van der Waals surface area (Å²) in [5.41, 5.74) is 1.66. The highest BCUT2D eigenvalue weighted by atomic mass is 32.2. The lowest BCUT2D eigenvalue weighted by atomic mass is 10.3. The molecule has 4 aromatic rings. The number of nitrogens with zero attached hydrogens (tertiary/aromatic N) is 9. The number of aliphatic hydroxyl groups excluding tert-OH is 1. The zero-order valence-electron chi connectivity index (χ0n) is 20.5. The molecule has 0 amide bonds. The van der Waals surface area contributed by atoms with E-state index in [0.717, 1.165) is 16.3 Å². The van der Waals surface area contributed by atoms with E-state index in [1.807, 2.05) is 6.92 Å². The van der Waals surface area contributed by atoms with E-state index in [-0.39, 0.29) is 5.82 Å². The van der Waals surface area contributed by atoms with Crippen molar-refractivity contribution in [1.29, 1.82) is 0 Å². The maximum absolute atomic E-state index is 13.9. The Balaban J connectivity index is 1.18. The molecule has 0 bridgehead atoms. The van der Waals surface area contributed by atoms with Gasteiger partial charge in [0.15, 0.2) is 0 Å². The van der Waals surface area contributed by atoms with Crippen LogP contribution in [-0.4, -0.2) is 72.1 Å². The fourth-order valence-electron chi connectivity index (χ4n) is 3.91. The third-order valence-electron chi connectivity index (χ3n) is 5.87. The number of benzene rings is 1. The van der Waals surface area contributed by atoms with Gasteiger partial charge >= 0.3 is 0 Å². The Morgan fingerprint density at radius 3 is 2.41 bits per heavy atom. The first kappa shape index (κ1) is 24.8. The van der Waals surface area contributed by atoms with E-state index in [1.54, 1.807) is 48.4 Å². The summed E-state index contributed by atoms with van der Waals surface area (Å²) in [6.45, 7) is 6.87. The highest BCUT2D eigenvalue weighted by Crippen LogP contribution is 2.29. The van der Waals surface area contributed by atoms with Crippen LogP contribution in [0.1, 0.15) is 12.6 Å². The second-order valence-corrected chi connectivity index (χ2v) is 9.75. The van der Waals surface area contributed by atoms with Gasteiger partial charge < -0.3 is 20.2 Å². The molecule has 1 atom stereocenters. The zero-order chi connectivity index (χ0) is 25.8. The van der Waals surface area contributed by atoms with Crippen molar-refractivity contribution in [2.75, 3.05) is 41.3 Å². The molecule has 0 aliphatic carbocycles. The van der Waals surface area contributed by atoms with Gasteiger partial charge in [-0.2, -0.15) is 10.1 Å². The van der Waals surface area contributed by atoms with E-state index in [0.29, 0.717) is 55.5 Å². The molecule has 192 valence electrons. The van der Waals surface area contributed by atoms with Crippen LogP contribution in [0.5, 0.6) is 0 Å². The lowest BCUT2D eigenvalue weighted by Crippen LogP contribution is -2.47. The topological polar surface area (TPSA) is 121 Å². The van der Waals surface area contributed by atoms with E-state index in [1.165, 1.54) is 24.2 Å². The maximum atomic E-state index is 13.9. The molecule has 0 spiro atoms. The molecule has 1 aromatic carbocycles. The lowest BCUT2D eigenvalue weighted by molar-refractivity contribution is 0.167. The van der Waals surface area contributed by atoms with Crippen molar-refractivity contribution in [2.45, 2.75) is 36.3 Å². The molecule has 11 nitrogen and oxygen atoms in total. The SMILES string of the molecule is Cc1c(Nc2ncnc(N3CCN(c4ncc(Sc5ccccc5F)cn4)CC3)n2)cnn1CC(C)O. The standard InChI is InChI=1S/C24H27FN10OS/c1-16(36)14-35-17(2)20(13-30-35)31-22-28-15-29-24(32-22)34-9-7-33(8-10-34)23-26-11-18(12-27-23)37-21-6-4-3-5-19(21)25/h3-6,11-13,15-16,36H,7-10,14H2,1-2H3,(H,28,29,31,32). The predicted molar refractivity (Wildman–Crippen MR) is 139 cm³/mol. The number of anilines is 4. The van der Waals surface area contributed by atoms with E-state index in [2.05, 4.69) is 45.1 Å². The number of hydrogen-bond acceptors (Lipinski definition) is 11. The third-order valence-corrected chi connectivity index (χ3v) is 6.87. The van der Waals surface area contributed by atoms with Gasteiger partial charge in [-0.05, 0) is 26.0 Å². The zero-order valence-corrected chi connectivity index (χ0v) is 21.3. The molecular weight excluding hydrogens is 495 g/mol. The summed E-state index contributed by atoms with van der Waals surface area (Å²) in [5.74, 6) is 1.40. The summed E-state index contributed by atoms with van der Waals surface area (Å²) >= 11 is 1.30. The summed E-state index contributed by atoms with van der Waals surface area (Å²) in [6, 6.07) is 6.65. The van der Waals surface area contributed by atoms with Crippen molar-refractivity contribution in [2.24, 2.45) is 0 Å². The van der Waals surface area contributed by atoms with E-state index < -0.39 is 6.10 Å². The predicted octanol–water partition coefficient (Wildman–Crippen LogP) is 2.91. The average molecular weight is 523 g/mol. The van der Waals surface area contributed by atoms with Crippen LogP contribution in [0.4, 0.5) is 27.9 Å². The first-order valence-corrected chi connectivity index (χ1v) is 12.7. The normalized spacial score (nSPS) is 14.6. The maximum Gasteiger partial charge on any atom is 0.232 e. The Bertz CT molecular complexity index is 1340. The Morgan fingerprint density at radius 1 is 1.00 bits per heavy atom. The molecule has 1 aliphatic rings. The fourth-order valence-corrected chi connectivity index (χ4v) is 4.69. The van der Waals surface area contributed by atoms with Crippen molar-refractivity contribution in [3.63, 3.8) is 0 Å². The van der Waals surface area contributed by atoms with Crippen LogP contribution in [0, 0.1) is 12.7 Å². The third kappa shape index (κ3) is 5.94. The van der Waals surface area contributed by atoms with E-state index in [4.69, 9.17) is 0 Å². The van der Waals surface area contributed by atoms with Gasteiger partial charge in [0.1, 0.15) is 12.1 Å². The molecule has 13 heteroatoms. The van der Waals surface area contributed by atoms with Gasteiger partial charge in [0.05, 0.1) is 30.2 Å². The molecule has 37 heavy (non-hydrogen) atoms. The van der Waals surface area contributed by atoms with Crippen LogP contribution in [0.25, 0.3) is 0 Å². The van der Waals surface area contributed by atoms with E-state index >= 15 is 0 Å². The molecule has 0 radical (unpaired) electrons. The van der Waals surface area contributed by atoms with Crippen LogP contribution < -0.4 is 15.1 Å². The van der Waals surface area contributed by atoms with Crippen molar-refractivity contribution >= 4 is 35.3 Å². The Labute approximate surface area is 217 Å². The molecule has 2 N–H and O–H groups in total. The van der Waals surface area contributed by atoms with Gasteiger partial charge in [0.2, 0.25) is 17.8 Å². The minimum atomic E-state index is -0.491. The lowest BCUT2D eigenvalue weighted by Gasteiger charge is -2.34.